The van der Waals surface area contributed by atoms with Crippen molar-refractivity contribution in [3.63, 3.8) is 0 Å². The van der Waals surface area contributed by atoms with Crippen LogP contribution in [0.3, 0.4) is 0 Å². The maximum atomic E-state index is 14.1. The van der Waals surface area contributed by atoms with Gasteiger partial charge in [-0.05, 0) is 86.5 Å². The van der Waals surface area contributed by atoms with Gasteiger partial charge in [0.15, 0.2) is 5.78 Å². The molecule has 6 fully saturated rings. The van der Waals surface area contributed by atoms with Crippen molar-refractivity contribution in [3.05, 3.63) is 17.7 Å². The number of carbonyl (C=O) groups is 3. The van der Waals surface area contributed by atoms with Gasteiger partial charge < -0.3 is 14.7 Å². The molecule has 0 radical (unpaired) electrons. The van der Waals surface area contributed by atoms with E-state index in [9.17, 15) is 14.4 Å². The second kappa shape index (κ2) is 11.7. The average molecular weight is 629 g/mol. The SMILES string of the molecule is C[C@]12CC(=O)[C@H]3[C@@H](CCC4=CC(=O)CC[C@@]43C)[C@@H]1CC[C@@H]2C(=O)CN1CCN(c2cc(N3CCCC3)nc(N3CCCC3)n2)CC1. The lowest BCUT2D eigenvalue weighted by Gasteiger charge is -2.56. The number of piperazine rings is 1. The molecule has 0 aromatic carbocycles. The smallest absolute Gasteiger partial charge is 0.229 e. The van der Waals surface area contributed by atoms with E-state index < -0.39 is 0 Å². The van der Waals surface area contributed by atoms with E-state index >= 15 is 0 Å². The molecule has 248 valence electrons. The Morgan fingerprint density at radius 3 is 2.17 bits per heavy atom. The van der Waals surface area contributed by atoms with Crippen molar-refractivity contribution in [2.75, 3.05) is 73.6 Å². The van der Waals surface area contributed by atoms with Crippen LogP contribution in [0.1, 0.15) is 84.5 Å². The zero-order valence-electron chi connectivity index (χ0n) is 28.0. The van der Waals surface area contributed by atoms with Gasteiger partial charge in [-0.1, -0.05) is 19.4 Å². The predicted molar refractivity (Wildman–Crippen MR) is 179 cm³/mol. The Labute approximate surface area is 274 Å². The molecule has 1 aromatic heterocycles. The molecular formula is C37H52N6O3. The van der Waals surface area contributed by atoms with Gasteiger partial charge >= 0.3 is 0 Å². The van der Waals surface area contributed by atoms with Crippen molar-refractivity contribution in [3.8, 4) is 0 Å². The fourth-order valence-electron chi connectivity index (χ4n) is 11.1. The van der Waals surface area contributed by atoms with Gasteiger partial charge in [0, 0.05) is 83.1 Å². The third-order valence-electron chi connectivity index (χ3n) is 13.6. The number of aromatic nitrogens is 2. The molecule has 3 aliphatic heterocycles. The minimum Gasteiger partial charge on any atom is -0.356 e. The van der Waals surface area contributed by atoms with Crippen LogP contribution in [0.15, 0.2) is 17.7 Å². The van der Waals surface area contributed by atoms with Gasteiger partial charge in [-0.3, -0.25) is 19.3 Å². The van der Waals surface area contributed by atoms with E-state index in [0.717, 1.165) is 102 Å². The first kappa shape index (κ1) is 30.5. The van der Waals surface area contributed by atoms with E-state index in [-0.39, 0.29) is 28.4 Å². The van der Waals surface area contributed by atoms with Gasteiger partial charge in [0.2, 0.25) is 5.95 Å². The minimum absolute atomic E-state index is 0.0133. The van der Waals surface area contributed by atoms with Crippen LogP contribution in [0.5, 0.6) is 0 Å². The molecule has 0 unspecified atom stereocenters. The molecule has 4 aliphatic carbocycles. The van der Waals surface area contributed by atoms with Crippen molar-refractivity contribution in [1.29, 1.82) is 0 Å². The molecule has 0 amide bonds. The second-order valence-corrected chi connectivity index (χ2v) is 16.1. The summed E-state index contributed by atoms with van der Waals surface area (Å²) in [6.07, 6.45) is 12.5. The van der Waals surface area contributed by atoms with E-state index in [1.54, 1.807) is 0 Å². The molecule has 6 atom stereocenters. The van der Waals surface area contributed by atoms with E-state index in [1.807, 2.05) is 6.08 Å². The molecule has 9 nitrogen and oxygen atoms in total. The number of fused-ring (bicyclic) bond motifs is 5. The monoisotopic (exact) mass is 628 g/mol. The van der Waals surface area contributed by atoms with E-state index in [2.05, 4.69) is 39.5 Å². The summed E-state index contributed by atoms with van der Waals surface area (Å²) in [4.78, 5) is 59.8. The molecule has 8 rings (SSSR count). The Hall–Kier alpha value is -2.81. The van der Waals surface area contributed by atoms with Crippen LogP contribution in [0.25, 0.3) is 0 Å². The Morgan fingerprint density at radius 2 is 1.48 bits per heavy atom. The van der Waals surface area contributed by atoms with Crippen LogP contribution >= 0.6 is 0 Å². The summed E-state index contributed by atoms with van der Waals surface area (Å²) >= 11 is 0. The third-order valence-corrected chi connectivity index (χ3v) is 13.6. The fraction of sp³-hybridized carbons (Fsp3) is 0.757. The highest BCUT2D eigenvalue weighted by Gasteiger charge is 2.63. The molecule has 3 saturated carbocycles. The molecule has 9 heteroatoms. The highest BCUT2D eigenvalue weighted by Crippen LogP contribution is 2.65. The number of ketones is 3. The van der Waals surface area contributed by atoms with Crippen LogP contribution in [0.4, 0.5) is 17.6 Å². The van der Waals surface area contributed by atoms with Crippen LogP contribution in [-0.4, -0.2) is 91.1 Å². The normalized spacial score (nSPS) is 36.5. The molecule has 0 spiro atoms. The van der Waals surface area contributed by atoms with E-state index in [0.29, 0.717) is 42.8 Å². The van der Waals surface area contributed by atoms with Gasteiger partial charge in [-0.2, -0.15) is 9.97 Å². The van der Waals surface area contributed by atoms with Gasteiger partial charge in [0.25, 0.3) is 0 Å². The number of allylic oxidation sites excluding steroid dienone is 1. The van der Waals surface area contributed by atoms with Crippen molar-refractivity contribution < 1.29 is 14.4 Å². The van der Waals surface area contributed by atoms with Crippen molar-refractivity contribution >= 4 is 34.9 Å². The summed E-state index contributed by atoms with van der Waals surface area (Å²) in [7, 11) is 0. The minimum atomic E-state index is -0.238. The van der Waals surface area contributed by atoms with Crippen LogP contribution < -0.4 is 14.7 Å². The number of anilines is 3. The number of Topliss-reactive ketones (excluding diaryl/α,β-unsaturated/α-hetero) is 2. The lowest BCUT2D eigenvalue weighted by atomic mass is 9.46. The van der Waals surface area contributed by atoms with Crippen molar-refractivity contribution in [2.45, 2.75) is 84.5 Å². The molecule has 1 aromatic rings. The largest absolute Gasteiger partial charge is 0.356 e. The number of hydrogen-bond donors (Lipinski definition) is 0. The molecule has 7 aliphatic rings. The summed E-state index contributed by atoms with van der Waals surface area (Å²) in [6, 6.07) is 2.19. The highest BCUT2D eigenvalue weighted by molar-refractivity contribution is 5.93. The molecule has 3 saturated heterocycles. The molecule has 4 heterocycles. The topological polar surface area (TPSA) is 90.0 Å². The van der Waals surface area contributed by atoms with Crippen LogP contribution in [0.2, 0.25) is 0 Å². The highest BCUT2D eigenvalue weighted by atomic mass is 16.1. The third kappa shape index (κ3) is 5.10. The average Bonchev–Trinajstić information content (AvgIpc) is 3.83. The molecule has 46 heavy (non-hydrogen) atoms. The Balaban J connectivity index is 0.928. The lowest BCUT2D eigenvalue weighted by molar-refractivity contribution is -0.148. The van der Waals surface area contributed by atoms with Gasteiger partial charge in [0.05, 0.1) is 6.54 Å². The summed E-state index contributed by atoms with van der Waals surface area (Å²) in [5.74, 6) is 4.61. The molecular weight excluding hydrogens is 576 g/mol. The first-order valence-corrected chi connectivity index (χ1v) is 18.4. The van der Waals surface area contributed by atoms with Crippen molar-refractivity contribution in [1.82, 2.24) is 14.9 Å². The van der Waals surface area contributed by atoms with Crippen LogP contribution in [-0.2, 0) is 14.4 Å². The first-order chi connectivity index (χ1) is 22.2. The quantitative estimate of drug-likeness (QED) is 0.445. The van der Waals surface area contributed by atoms with Gasteiger partial charge in [0.1, 0.15) is 23.2 Å². The van der Waals surface area contributed by atoms with Crippen molar-refractivity contribution in [2.24, 2.45) is 34.5 Å². The molecule has 0 N–H and O–H groups in total. The van der Waals surface area contributed by atoms with Gasteiger partial charge in [-0.25, -0.2) is 0 Å². The Kier molecular flexibility index (Phi) is 7.77. The zero-order chi connectivity index (χ0) is 31.6. The maximum absolute atomic E-state index is 14.1. The van der Waals surface area contributed by atoms with Crippen LogP contribution in [0, 0.1) is 34.5 Å². The summed E-state index contributed by atoms with van der Waals surface area (Å²) in [6.45, 7) is 12.6. The van der Waals surface area contributed by atoms with E-state index in [1.165, 1.54) is 31.3 Å². The summed E-state index contributed by atoms with van der Waals surface area (Å²) < 4.78 is 0. The standard InChI is InChI=1S/C37H52N6O3/c1-36-12-11-26(44)21-25(36)7-8-27-28-9-10-29(37(28,2)23-30(45)34(27)36)31(46)24-40-17-19-42(20-18-40)33-22-32(41-13-3-4-14-41)38-35(39-33)43-15-5-6-16-43/h21-22,27-29,34H,3-20,23-24H2,1-2H3/t27-,28-,29+,34+,36-,37-/m0/s1. The summed E-state index contributed by atoms with van der Waals surface area (Å²) in [5, 5.41) is 0. The fourth-order valence-corrected chi connectivity index (χ4v) is 11.1. The molecule has 0 bridgehead atoms. The lowest BCUT2D eigenvalue weighted by Crippen LogP contribution is -2.56. The Morgan fingerprint density at radius 1 is 0.826 bits per heavy atom. The first-order valence-electron chi connectivity index (χ1n) is 18.4. The number of hydrogen-bond acceptors (Lipinski definition) is 9. The van der Waals surface area contributed by atoms with E-state index in [4.69, 9.17) is 9.97 Å². The number of rotatable bonds is 6. The predicted octanol–water partition coefficient (Wildman–Crippen LogP) is 4.70. The maximum Gasteiger partial charge on any atom is 0.229 e. The van der Waals surface area contributed by atoms with Gasteiger partial charge in [-0.15, -0.1) is 0 Å². The number of nitrogens with zero attached hydrogens (tertiary/aromatic N) is 6. The summed E-state index contributed by atoms with van der Waals surface area (Å²) in [5.41, 5.74) is 0.803. The second-order valence-electron chi connectivity index (χ2n) is 16.1. The zero-order valence-corrected chi connectivity index (χ0v) is 28.0. The number of carbonyl (C=O) groups excluding carboxylic acids is 3. The Bertz CT molecular complexity index is 1390.